The van der Waals surface area contributed by atoms with Crippen molar-refractivity contribution in [3.05, 3.63) is 125 Å². The van der Waals surface area contributed by atoms with Crippen LogP contribution in [-0.4, -0.2) is 42.7 Å². The van der Waals surface area contributed by atoms with Gasteiger partial charge in [-0.1, -0.05) is 60.7 Å². The third-order valence-corrected chi connectivity index (χ3v) is 8.26. The second-order valence-corrected chi connectivity index (χ2v) is 11.0. The molecule has 1 aliphatic heterocycles. The molecule has 43 heavy (non-hydrogen) atoms. The molecule has 6 aromatic rings. The average molecular weight is 570 g/mol. The third-order valence-electron chi connectivity index (χ3n) is 8.26. The van der Waals surface area contributed by atoms with Crippen LogP contribution in [0.1, 0.15) is 50.6 Å². The molecule has 1 saturated heterocycles. The minimum atomic E-state index is -0.240. The maximum absolute atomic E-state index is 14.0. The quantitative estimate of drug-likeness (QED) is 0.164. The second-order valence-electron chi connectivity index (χ2n) is 11.0. The normalized spacial score (nSPS) is 13.6. The Morgan fingerprint density at radius 1 is 0.744 bits per heavy atom. The number of benzene rings is 4. The summed E-state index contributed by atoms with van der Waals surface area (Å²) in [6.07, 6.45) is 2.50. The van der Waals surface area contributed by atoms with E-state index in [1.165, 1.54) is 12.8 Å². The average Bonchev–Trinajstić information content (AvgIpc) is 3.79. The molecular weight excluding hydrogens is 538 g/mol. The van der Waals surface area contributed by atoms with E-state index in [0.29, 0.717) is 39.8 Å². The lowest BCUT2D eigenvalue weighted by molar-refractivity contribution is 0.100. The lowest BCUT2D eigenvalue weighted by atomic mass is 9.96. The van der Waals surface area contributed by atoms with E-state index >= 15 is 0 Å². The largest absolute Gasteiger partial charge is 0.492 e. The van der Waals surface area contributed by atoms with Crippen LogP contribution in [0.15, 0.2) is 106 Å². The minimum absolute atomic E-state index is 0.189. The highest BCUT2D eigenvalue weighted by atomic mass is 16.5. The first-order chi connectivity index (χ1) is 21.1. The van der Waals surface area contributed by atoms with Crippen molar-refractivity contribution in [1.82, 2.24) is 4.90 Å². The van der Waals surface area contributed by atoms with E-state index in [9.17, 15) is 9.59 Å². The Morgan fingerprint density at radius 2 is 1.40 bits per heavy atom. The number of carbonyl (C=O) groups excluding carboxylic acids is 2. The molecule has 0 N–H and O–H groups in total. The lowest BCUT2D eigenvalue weighted by Gasteiger charge is -2.14. The lowest BCUT2D eigenvalue weighted by Crippen LogP contribution is -2.25. The Kier molecular flexibility index (Phi) is 7.13. The predicted molar refractivity (Wildman–Crippen MR) is 167 cm³/mol. The van der Waals surface area contributed by atoms with Gasteiger partial charge in [-0.3, -0.25) is 14.5 Å². The fourth-order valence-corrected chi connectivity index (χ4v) is 5.97. The molecule has 6 heteroatoms. The van der Waals surface area contributed by atoms with Crippen LogP contribution in [0.3, 0.4) is 0 Å². The molecule has 0 amide bonds. The molecular formula is C37H31NO5. The molecule has 0 saturated carbocycles. The predicted octanol–water partition coefficient (Wildman–Crippen LogP) is 8.09. The van der Waals surface area contributed by atoms with E-state index in [2.05, 4.69) is 4.90 Å². The Hall–Kier alpha value is -4.94. The van der Waals surface area contributed by atoms with Crippen LogP contribution in [0.25, 0.3) is 33.1 Å². The third kappa shape index (κ3) is 5.04. The monoisotopic (exact) mass is 569 g/mol. The van der Waals surface area contributed by atoms with Crippen molar-refractivity contribution in [2.45, 2.75) is 19.8 Å². The van der Waals surface area contributed by atoms with Crippen LogP contribution in [0.2, 0.25) is 0 Å². The number of hydrogen-bond donors (Lipinski definition) is 0. The van der Waals surface area contributed by atoms with Crippen LogP contribution in [0.5, 0.6) is 5.75 Å². The van der Waals surface area contributed by atoms with E-state index in [0.717, 1.165) is 41.9 Å². The first-order valence-electron chi connectivity index (χ1n) is 14.7. The summed E-state index contributed by atoms with van der Waals surface area (Å²) in [6, 6.07) is 29.7. The topological polar surface area (TPSA) is 72.9 Å². The van der Waals surface area contributed by atoms with Crippen molar-refractivity contribution in [2.75, 3.05) is 26.2 Å². The smallest absolute Gasteiger partial charge is 0.228 e. The molecule has 1 fully saturated rings. The number of likely N-dealkylation sites (tertiary alicyclic amines) is 1. The number of rotatable bonds is 9. The number of ketones is 2. The Balaban J connectivity index is 1.28. The summed E-state index contributed by atoms with van der Waals surface area (Å²) in [7, 11) is 0. The second kappa shape index (κ2) is 11.4. The van der Waals surface area contributed by atoms with Crippen molar-refractivity contribution < 1.29 is 23.2 Å². The minimum Gasteiger partial charge on any atom is -0.492 e. The molecule has 4 aromatic carbocycles. The van der Waals surface area contributed by atoms with Crippen LogP contribution < -0.4 is 4.74 Å². The molecule has 2 aromatic heterocycles. The SMILES string of the molecule is Cc1c(C(=O)c2ccccc2)oc2c1ccc1oc(C(=O)c3ccc(OCCN4CCCC4)cc3)c(-c3ccccc3)c12. The van der Waals surface area contributed by atoms with Gasteiger partial charge in [0.25, 0.3) is 0 Å². The van der Waals surface area contributed by atoms with Gasteiger partial charge in [-0.25, -0.2) is 0 Å². The molecule has 7 rings (SSSR count). The molecule has 6 nitrogen and oxygen atoms in total. The fraction of sp³-hybridized carbons (Fsp3) is 0.189. The van der Waals surface area contributed by atoms with Gasteiger partial charge < -0.3 is 13.6 Å². The molecule has 1 aliphatic rings. The van der Waals surface area contributed by atoms with Crippen molar-refractivity contribution in [3.8, 4) is 16.9 Å². The Labute approximate surface area is 249 Å². The number of aryl methyl sites for hydroxylation is 1. The van der Waals surface area contributed by atoms with Gasteiger partial charge in [-0.15, -0.1) is 0 Å². The van der Waals surface area contributed by atoms with Gasteiger partial charge >= 0.3 is 0 Å². The highest BCUT2D eigenvalue weighted by molar-refractivity contribution is 6.21. The maximum Gasteiger partial charge on any atom is 0.228 e. The number of nitrogens with zero attached hydrogens (tertiary/aromatic N) is 1. The van der Waals surface area contributed by atoms with Crippen molar-refractivity contribution in [2.24, 2.45) is 0 Å². The number of hydrogen-bond acceptors (Lipinski definition) is 6. The Morgan fingerprint density at radius 3 is 2.12 bits per heavy atom. The molecule has 214 valence electrons. The van der Waals surface area contributed by atoms with Gasteiger partial charge in [0.2, 0.25) is 11.6 Å². The zero-order valence-electron chi connectivity index (χ0n) is 24.0. The Bertz CT molecular complexity index is 1930. The van der Waals surface area contributed by atoms with Crippen LogP contribution >= 0.6 is 0 Å². The first-order valence-corrected chi connectivity index (χ1v) is 14.7. The summed E-state index contributed by atoms with van der Waals surface area (Å²) in [4.78, 5) is 29.8. The van der Waals surface area contributed by atoms with Crippen LogP contribution in [0.4, 0.5) is 0 Å². The molecule has 3 heterocycles. The summed E-state index contributed by atoms with van der Waals surface area (Å²) in [5.41, 5.74) is 4.31. The van der Waals surface area contributed by atoms with E-state index in [-0.39, 0.29) is 23.1 Å². The summed E-state index contributed by atoms with van der Waals surface area (Å²) in [5.74, 6) is 0.803. The van der Waals surface area contributed by atoms with Crippen LogP contribution in [-0.2, 0) is 0 Å². The summed E-state index contributed by atoms with van der Waals surface area (Å²) in [6.45, 7) is 5.66. The van der Waals surface area contributed by atoms with Gasteiger partial charge in [0.15, 0.2) is 11.5 Å². The highest BCUT2D eigenvalue weighted by Crippen LogP contribution is 2.42. The number of furan rings is 2. The summed E-state index contributed by atoms with van der Waals surface area (Å²) >= 11 is 0. The van der Waals surface area contributed by atoms with Gasteiger partial charge in [0, 0.05) is 34.2 Å². The van der Waals surface area contributed by atoms with Crippen LogP contribution in [0, 0.1) is 6.92 Å². The van der Waals surface area contributed by atoms with Crippen molar-refractivity contribution >= 4 is 33.5 Å². The number of fused-ring (bicyclic) bond motifs is 3. The molecule has 0 bridgehead atoms. The van der Waals surface area contributed by atoms with E-state index in [1.807, 2.05) is 79.7 Å². The molecule has 0 radical (unpaired) electrons. The molecule has 0 aliphatic carbocycles. The van der Waals surface area contributed by atoms with Gasteiger partial charge in [0.05, 0.1) is 5.39 Å². The van der Waals surface area contributed by atoms with Gasteiger partial charge in [0.1, 0.15) is 23.5 Å². The number of ether oxygens (including phenoxy) is 1. The zero-order valence-corrected chi connectivity index (χ0v) is 24.0. The van der Waals surface area contributed by atoms with Crippen molar-refractivity contribution in [3.63, 3.8) is 0 Å². The van der Waals surface area contributed by atoms with Gasteiger partial charge in [-0.05, 0) is 74.8 Å². The standard InChI is InChI=1S/C37H31NO5/c1-24-29-18-19-30-32(36(29)43-35(24)33(39)26-12-6-3-7-13-26)31(25-10-4-2-5-11-25)37(42-30)34(40)27-14-16-28(17-15-27)41-23-22-38-20-8-9-21-38/h2-7,10-19H,8-9,20-23H2,1H3. The number of carbonyl (C=O) groups is 2. The van der Waals surface area contributed by atoms with E-state index < -0.39 is 0 Å². The highest BCUT2D eigenvalue weighted by Gasteiger charge is 2.28. The van der Waals surface area contributed by atoms with E-state index in [4.69, 9.17) is 13.6 Å². The zero-order chi connectivity index (χ0) is 29.3. The summed E-state index contributed by atoms with van der Waals surface area (Å²) in [5, 5.41) is 1.48. The fourth-order valence-electron chi connectivity index (χ4n) is 5.97. The van der Waals surface area contributed by atoms with E-state index in [1.54, 1.807) is 24.3 Å². The molecule has 0 atom stereocenters. The molecule has 0 spiro atoms. The summed E-state index contributed by atoms with van der Waals surface area (Å²) < 4.78 is 18.6. The van der Waals surface area contributed by atoms with Crippen molar-refractivity contribution in [1.29, 1.82) is 0 Å². The maximum atomic E-state index is 14.0. The molecule has 0 unspecified atom stereocenters. The van der Waals surface area contributed by atoms with Gasteiger partial charge in [-0.2, -0.15) is 0 Å². The first kappa shape index (κ1) is 26.9.